The third kappa shape index (κ3) is 2.48. The zero-order valence-corrected chi connectivity index (χ0v) is 11.7. The van der Waals surface area contributed by atoms with Crippen molar-refractivity contribution in [1.82, 2.24) is 0 Å². The summed E-state index contributed by atoms with van der Waals surface area (Å²) < 4.78 is 16.3. The smallest absolute Gasteiger partial charge is 0.373 e. The lowest BCUT2D eigenvalue weighted by Crippen LogP contribution is -2.55. The summed E-state index contributed by atoms with van der Waals surface area (Å²) >= 11 is 3.44. The maximum atomic E-state index is 5.44. The Bertz CT molecular complexity index is 307. The molecule has 0 atom stereocenters. The van der Waals surface area contributed by atoms with Crippen molar-refractivity contribution in [3.05, 3.63) is 29.8 Å². The van der Waals surface area contributed by atoms with Crippen LogP contribution in [0, 0.1) is 0 Å². The first-order chi connectivity index (χ1) is 7.24. The van der Waals surface area contributed by atoms with Gasteiger partial charge in [0, 0.05) is 31.8 Å². The molecular weight excluding hydrogens is 276 g/mol. The van der Waals surface area contributed by atoms with Gasteiger partial charge in [-0.15, -0.1) is 0 Å². The molecule has 0 heterocycles. The van der Waals surface area contributed by atoms with E-state index in [0.717, 1.165) is 16.1 Å². The van der Waals surface area contributed by atoms with E-state index in [0.29, 0.717) is 0 Å². The highest BCUT2D eigenvalue weighted by atomic mass is 79.9. The van der Waals surface area contributed by atoms with E-state index in [2.05, 4.69) is 15.9 Å². The molecule has 0 aromatic heterocycles. The van der Waals surface area contributed by atoms with Gasteiger partial charge in [0.05, 0.1) is 0 Å². The largest absolute Gasteiger partial charge is 0.536 e. The van der Waals surface area contributed by atoms with Crippen LogP contribution in [0.2, 0.25) is 0 Å². The molecule has 1 aromatic rings. The molecule has 15 heavy (non-hydrogen) atoms. The average molecular weight is 291 g/mol. The first kappa shape index (κ1) is 12.9. The van der Waals surface area contributed by atoms with Crippen molar-refractivity contribution >= 4 is 29.9 Å². The summed E-state index contributed by atoms with van der Waals surface area (Å²) in [7, 11) is 2.16. The first-order valence-electron chi connectivity index (χ1n) is 4.54. The van der Waals surface area contributed by atoms with E-state index in [9.17, 15) is 0 Å². The van der Waals surface area contributed by atoms with Gasteiger partial charge in [-0.25, -0.2) is 0 Å². The van der Waals surface area contributed by atoms with Crippen LogP contribution in [-0.4, -0.2) is 30.1 Å². The Labute approximate surface area is 99.9 Å². The van der Waals surface area contributed by atoms with Gasteiger partial charge in [0.2, 0.25) is 0 Å². The van der Waals surface area contributed by atoms with Crippen molar-refractivity contribution in [2.75, 3.05) is 21.3 Å². The molecule has 0 unspecified atom stereocenters. The second-order valence-corrected chi connectivity index (χ2v) is 6.40. The predicted octanol–water partition coefficient (Wildman–Crippen LogP) is 1.67. The van der Waals surface area contributed by atoms with Crippen molar-refractivity contribution in [2.45, 2.75) is 5.33 Å². The summed E-state index contributed by atoms with van der Waals surface area (Å²) in [4.78, 5) is 0. The minimum absolute atomic E-state index is 0.758. The van der Waals surface area contributed by atoms with E-state index in [-0.39, 0.29) is 0 Å². The number of rotatable bonds is 5. The Hall–Kier alpha value is -0.203. The lowest BCUT2D eigenvalue weighted by Gasteiger charge is -2.26. The molecule has 0 spiro atoms. The lowest BCUT2D eigenvalue weighted by atomic mass is 10.2. The Morgan fingerprint density at radius 1 is 1.07 bits per heavy atom. The van der Waals surface area contributed by atoms with Gasteiger partial charge in [0.1, 0.15) is 0 Å². The maximum absolute atomic E-state index is 5.44. The first-order valence-corrected chi connectivity index (χ1v) is 7.38. The summed E-state index contributed by atoms with van der Waals surface area (Å²) in [6.07, 6.45) is 0. The molecule has 1 aromatic carbocycles. The minimum Gasteiger partial charge on any atom is -0.373 e. The van der Waals surface area contributed by atoms with Gasteiger partial charge >= 0.3 is 8.80 Å². The number of halogens is 1. The van der Waals surface area contributed by atoms with Crippen LogP contribution in [0.25, 0.3) is 0 Å². The van der Waals surface area contributed by atoms with Crippen LogP contribution in [0.5, 0.6) is 0 Å². The topological polar surface area (TPSA) is 27.7 Å². The van der Waals surface area contributed by atoms with E-state index in [1.807, 2.05) is 24.3 Å². The number of alkyl halides is 1. The average Bonchev–Trinajstić information content (AvgIpc) is 2.33. The standard InChI is InChI=1S/C10H15BrO3Si/c1-12-15(13-2,14-3)10-7-5-4-6-9(10)8-11/h4-7H,8H2,1-3H3. The van der Waals surface area contributed by atoms with E-state index in [1.165, 1.54) is 0 Å². The third-order valence-electron chi connectivity index (χ3n) is 2.30. The fraction of sp³-hybridized carbons (Fsp3) is 0.400. The SMILES string of the molecule is CO[Si](OC)(OC)c1ccccc1CBr. The Kier molecular flexibility index (Phi) is 4.94. The Morgan fingerprint density at radius 3 is 2.07 bits per heavy atom. The lowest BCUT2D eigenvalue weighted by molar-refractivity contribution is 0.140. The molecule has 1 rings (SSSR count). The highest BCUT2D eigenvalue weighted by molar-refractivity contribution is 9.08. The summed E-state index contributed by atoms with van der Waals surface area (Å²) in [6, 6.07) is 7.96. The van der Waals surface area contributed by atoms with Crippen LogP contribution in [0.3, 0.4) is 0 Å². The van der Waals surface area contributed by atoms with Gasteiger partial charge in [-0.3, -0.25) is 0 Å². The summed E-state index contributed by atoms with van der Waals surface area (Å²) in [6.45, 7) is 0. The van der Waals surface area contributed by atoms with E-state index >= 15 is 0 Å². The Morgan fingerprint density at radius 2 is 1.60 bits per heavy atom. The molecule has 3 nitrogen and oxygen atoms in total. The highest BCUT2D eigenvalue weighted by Crippen LogP contribution is 2.12. The molecule has 0 aliphatic heterocycles. The molecule has 0 amide bonds. The zero-order chi connectivity index (χ0) is 11.3. The van der Waals surface area contributed by atoms with Crippen LogP contribution >= 0.6 is 15.9 Å². The van der Waals surface area contributed by atoms with Gasteiger partial charge in [-0.1, -0.05) is 40.2 Å². The van der Waals surface area contributed by atoms with Gasteiger partial charge < -0.3 is 13.3 Å². The van der Waals surface area contributed by atoms with Crippen LogP contribution in [0.1, 0.15) is 5.56 Å². The fourth-order valence-corrected chi connectivity index (χ4v) is 4.29. The number of hydrogen-bond donors (Lipinski definition) is 0. The monoisotopic (exact) mass is 290 g/mol. The minimum atomic E-state index is -2.69. The zero-order valence-electron chi connectivity index (χ0n) is 9.12. The quantitative estimate of drug-likeness (QED) is 0.610. The van der Waals surface area contributed by atoms with Gasteiger partial charge in [-0.05, 0) is 5.56 Å². The van der Waals surface area contributed by atoms with Crippen LogP contribution in [0.15, 0.2) is 24.3 Å². The summed E-state index contributed by atoms with van der Waals surface area (Å²) in [5.41, 5.74) is 1.13. The van der Waals surface area contributed by atoms with Gasteiger partial charge in [-0.2, -0.15) is 0 Å². The van der Waals surface area contributed by atoms with Crippen molar-refractivity contribution in [1.29, 1.82) is 0 Å². The molecule has 0 saturated heterocycles. The molecule has 0 aliphatic rings. The van der Waals surface area contributed by atoms with Crippen molar-refractivity contribution in [3.8, 4) is 0 Å². The molecule has 0 fully saturated rings. The molecule has 0 saturated carbocycles. The van der Waals surface area contributed by atoms with E-state index in [1.54, 1.807) is 21.3 Å². The van der Waals surface area contributed by atoms with Crippen molar-refractivity contribution < 1.29 is 13.3 Å². The van der Waals surface area contributed by atoms with Gasteiger partial charge in [0.25, 0.3) is 0 Å². The molecule has 0 bridgehead atoms. The number of hydrogen-bond acceptors (Lipinski definition) is 3. The van der Waals surface area contributed by atoms with Crippen LogP contribution < -0.4 is 5.19 Å². The van der Waals surface area contributed by atoms with Crippen LogP contribution in [-0.2, 0) is 18.6 Å². The molecular formula is C10H15BrO3Si. The molecule has 84 valence electrons. The fourth-order valence-electron chi connectivity index (χ4n) is 1.52. The second-order valence-electron chi connectivity index (χ2n) is 2.96. The Balaban J connectivity index is 3.21. The maximum Gasteiger partial charge on any atom is 0.536 e. The normalized spacial score (nSPS) is 11.7. The molecule has 0 N–H and O–H groups in total. The second kappa shape index (κ2) is 5.76. The van der Waals surface area contributed by atoms with E-state index < -0.39 is 8.80 Å². The van der Waals surface area contributed by atoms with Crippen LogP contribution in [0.4, 0.5) is 0 Å². The van der Waals surface area contributed by atoms with E-state index in [4.69, 9.17) is 13.3 Å². The summed E-state index contributed by atoms with van der Waals surface area (Å²) in [5, 5.41) is 1.77. The molecule has 0 aliphatic carbocycles. The molecule has 0 radical (unpaired) electrons. The van der Waals surface area contributed by atoms with Crippen molar-refractivity contribution in [2.24, 2.45) is 0 Å². The highest BCUT2D eigenvalue weighted by Gasteiger charge is 2.42. The third-order valence-corrected chi connectivity index (χ3v) is 5.66. The predicted molar refractivity (Wildman–Crippen MR) is 65.5 cm³/mol. The number of benzene rings is 1. The van der Waals surface area contributed by atoms with Crippen molar-refractivity contribution in [3.63, 3.8) is 0 Å². The molecule has 5 heteroatoms. The van der Waals surface area contributed by atoms with Gasteiger partial charge in [0.15, 0.2) is 0 Å². The summed E-state index contributed by atoms with van der Waals surface area (Å²) in [5.74, 6) is 0.